The van der Waals surface area contributed by atoms with E-state index in [-0.39, 0.29) is 25.2 Å². The van der Waals surface area contributed by atoms with Crippen LogP contribution in [0.2, 0.25) is 0 Å². The number of rotatable bonds is 18. The van der Waals surface area contributed by atoms with Gasteiger partial charge in [-0.05, 0) is 62.9 Å². The summed E-state index contributed by atoms with van der Waals surface area (Å²) in [6.45, 7) is 1.41. The van der Waals surface area contributed by atoms with Crippen LogP contribution in [-0.4, -0.2) is 43.2 Å². The van der Waals surface area contributed by atoms with Gasteiger partial charge in [0.15, 0.2) is 0 Å². The Labute approximate surface area is 409 Å². The van der Waals surface area contributed by atoms with Gasteiger partial charge in [-0.1, -0.05) is 273 Å². The number of aliphatic hydroxyl groups excluding tert-OH is 2. The maximum absolute atomic E-state index is 9.47. The molecule has 0 aliphatic heterocycles. The van der Waals surface area contributed by atoms with E-state index in [1.807, 2.05) is 109 Å². The largest absolute Gasteiger partial charge is 0.396 e. The van der Waals surface area contributed by atoms with Crippen LogP contribution in [-0.2, 0) is 26.1 Å². The lowest BCUT2D eigenvalue weighted by Crippen LogP contribution is -2.34. The van der Waals surface area contributed by atoms with Crippen LogP contribution < -0.4 is 5.73 Å². The van der Waals surface area contributed by atoms with Gasteiger partial charge >= 0.3 is 0 Å². The second kappa shape index (κ2) is 25.8. The molecule has 4 N–H and O–H groups in total. The van der Waals surface area contributed by atoms with Gasteiger partial charge in [0, 0.05) is 18.6 Å². The number of hydrogen-bond donors (Lipinski definition) is 3. The highest BCUT2D eigenvalue weighted by Gasteiger charge is 2.39. The van der Waals surface area contributed by atoms with E-state index < -0.39 is 11.2 Å². The Morgan fingerprint density at radius 3 is 0.710 bits per heavy atom. The second-order valence-corrected chi connectivity index (χ2v) is 16.6. The maximum atomic E-state index is 9.47. The quantitative estimate of drug-likeness (QED) is 0.0747. The predicted octanol–water partition coefficient (Wildman–Crippen LogP) is 12.7. The summed E-state index contributed by atoms with van der Waals surface area (Å²) in [5, 5.41) is 18.8. The molecule has 0 aliphatic carbocycles. The molecule has 5 heteroatoms. The number of hydrogen-bond acceptors (Lipinski definition) is 5. The van der Waals surface area contributed by atoms with Crippen LogP contribution in [0.5, 0.6) is 0 Å². The number of ether oxygens (including phenoxy) is 2. The van der Waals surface area contributed by atoms with Crippen LogP contribution in [0, 0.1) is 0 Å². The third-order valence-corrected chi connectivity index (χ3v) is 12.4. The molecule has 0 spiro atoms. The molecule has 0 bridgehead atoms. The molecule has 0 aliphatic rings. The van der Waals surface area contributed by atoms with Gasteiger partial charge in [0.1, 0.15) is 11.2 Å². The van der Waals surface area contributed by atoms with Crippen LogP contribution in [0.15, 0.2) is 273 Å². The monoisotopic (exact) mass is 909 g/mol. The topological polar surface area (TPSA) is 84.9 Å². The van der Waals surface area contributed by atoms with Crippen LogP contribution in [0.4, 0.5) is 0 Å². The van der Waals surface area contributed by atoms with Crippen LogP contribution >= 0.6 is 0 Å². The number of benzene rings is 9. The predicted molar refractivity (Wildman–Crippen MR) is 282 cm³/mol. The summed E-state index contributed by atoms with van der Waals surface area (Å²) in [7, 11) is 0. The lowest BCUT2D eigenvalue weighted by atomic mass is 9.67. The zero-order valence-electron chi connectivity index (χ0n) is 39.2. The van der Waals surface area contributed by atoms with Crippen molar-refractivity contribution in [1.29, 1.82) is 0 Å². The van der Waals surface area contributed by atoms with Gasteiger partial charge in [-0.3, -0.25) is 0 Å². The fraction of sp³-hybridized carbons (Fsp3) is 0.156. The second-order valence-electron chi connectivity index (χ2n) is 16.6. The Morgan fingerprint density at radius 1 is 0.290 bits per heavy atom. The van der Waals surface area contributed by atoms with Gasteiger partial charge in [-0.25, -0.2) is 0 Å². The molecule has 0 amide bonds. The summed E-state index contributed by atoms with van der Waals surface area (Å²) >= 11 is 0. The minimum absolute atomic E-state index is 0.0196. The third-order valence-electron chi connectivity index (χ3n) is 12.4. The lowest BCUT2D eigenvalue weighted by molar-refractivity contribution is -0.00644. The van der Waals surface area contributed by atoms with E-state index >= 15 is 0 Å². The molecular weight excluding hydrogens is 847 g/mol. The van der Waals surface area contributed by atoms with Crippen molar-refractivity contribution in [1.82, 2.24) is 0 Å². The van der Waals surface area contributed by atoms with E-state index in [1.165, 1.54) is 16.7 Å². The van der Waals surface area contributed by atoms with Crippen LogP contribution in [0.25, 0.3) is 0 Å². The van der Waals surface area contributed by atoms with Crippen LogP contribution in [0.1, 0.15) is 62.9 Å². The molecule has 0 saturated carbocycles. The highest BCUT2D eigenvalue weighted by Crippen LogP contribution is 2.44. The van der Waals surface area contributed by atoms with Crippen molar-refractivity contribution in [3.63, 3.8) is 0 Å². The summed E-state index contributed by atoms with van der Waals surface area (Å²) in [4.78, 5) is 0. The van der Waals surface area contributed by atoms with Gasteiger partial charge < -0.3 is 25.4 Å². The molecule has 0 aromatic heterocycles. The van der Waals surface area contributed by atoms with E-state index in [2.05, 4.69) is 164 Å². The van der Waals surface area contributed by atoms with E-state index in [4.69, 9.17) is 15.2 Å². The van der Waals surface area contributed by atoms with E-state index in [9.17, 15) is 10.2 Å². The summed E-state index contributed by atoms with van der Waals surface area (Å²) < 4.78 is 12.7. The van der Waals surface area contributed by atoms with E-state index in [0.717, 1.165) is 46.2 Å². The summed E-state index contributed by atoms with van der Waals surface area (Å²) in [5.74, 6) is 0. The first-order valence-corrected chi connectivity index (χ1v) is 23.8. The molecule has 0 saturated heterocycles. The first-order chi connectivity index (χ1) is 34.1. The number of nitrogens with two attached hydrogens (primary N) is 1. The Morgan fingerprint density at radius 2 is 0.507 bits per heavy atom. The van der Waals surface area contributed by atoms with Crippen molar-refractivity contribution in [3.05, 3.63) is 323 Å². The summed E-state index contributed by atoms with van der Waals surface area (Å²) in [5.41, 5.74) is 14.4. The highest BCUT2D eigenvalue weighted by molar-refractivity contribution is 5.51. The first kappa shape index (κ1) is 49.7. The lowest BCUT2D eigenvalue weighted by Gasteiger charge is -2.36. The van der Waals surface area contributed by atoms with Crippen LogP contribution in [0.3, 0.4) is 0 Å². The minimum atomic E-state index is -0.730. The molecular formula is C64H63NO4. The van der Waals surface area contributed by atoms with Crippen molar-refractivity contribution in [2.24, 2.45) is 5.73 Å². The molecule has 9 aromatic carbocycles. The third kappa shape index (κ3) is 11.7. The van der Waals surface area contributed by atoms with Crippen molar-refractivity contribution < 1.29 is 19.7 Å². The Balaban J connectivity index is 0.000000153. The van der Waals surface area contributed by atoms with Crippen molar-refractivity contribution in [3.8, 4) is 0 Å². The van der Waals surface area contributed by atoms with Crippen molar-refractivity contribution >= 4 is 0 Å². The maximum Gasteiger partial charge on any atom is 0.143 e. The highest BCUT2D eigenvalue weighted by atomic mass is 16.5. The SMILES string of the molecule is NCCOC(c1ccccc1)(c1ccccc1)c1ccccc1.OCCCC(c1ccccc1)(c1ccccc1)c1ccccc1.OCCOC(c1ccccc1)(c1ccccc1)c1ccccc1. The molecule has 0 atom stereocenters. The Bertz CT molecular complexity index is 2150. The standard InChI is InChI=1S/C22H22O.C21H21NO.C21H20O2/c23-18-10-17-22(19-11-4-1-5-12-19,20-13-6-2-7-14-20)21-15-8-3-9-16-21;2*22-16-17-23-21(18-10-4-1-5-11-18,19-12-6-2-7-13-19)20-14-8-3-9-15-20/h1-9,11-16,23H,10,17-18H2;1-15H,16-17,22H2;1-15,22H,16-17H2. The van der Waals surface area contributed by atoms with Gasteiger partial charge in [-0.15, -0.1) is 0 Å². The van der Waals surface area contributed by atoms with Crippen molar-refractivity contribution in [2.75, 3.05) is 33.0 Å². The molecule has 0 radical (unpaired) electrons. The smallest absolute Gasteiger partial charge is 0.143 e. The molecule has 69 heavy (non-hydrogen) atoms. The normalized spacial score (nSPS) is 11.3. The molecule has 9 rings (SSSR count). The molecule has 348 valence electrons. The van der Waals surface area contributed by atoms with Gasteiger partial charge in [0.25, 0.3) is 0 Å². The Kier molecular flexibility index (Phi) is 18.6. The summed E-state index contributed by atoms with van der Waals surface area (Å²) in [6.07, 6.45) is 1.64. The van der Waals surface area contributed by atoms with E-state index in [0.29, 0.717) is 13.2 Å². The first-order valence-electron chi connectivity index (χ1n) is 23.8. The fourth-order valence-corrected chi connectivity index (χ4v) is 9.39. The molecule has 9 aromatic rings. The molecule has 0 fully saturated rings. The van der Waals surface area contributed by atoms with E-state index in [1.54, 1.807) is 0 Å². The average Bonchev–Trinajstić information content (AvgIpc) is 3.44. The molecule has 0 heterocycles. The van der Waals surface area contributed by atoms with Gasteiger partial charge in [0.05, 0.1) is 19.8 Å². The van der Waals surface area contributed by atoms with Gasteiger partial charge in [0.2, 0.25) is 0 Å². The Hall–Kier alpha value is -7.22. The molecule has 0 unspecified atom stereocenters. The zero-order valence-corrected chi connectivity index (χ0v) is 39.2. The minimum Gasteiger partial charge on any atom is -0.396 e. The zero-order chi connectivity index (χ0) is 47.9. The average molecular weight is 910 g/mol. The molecule has 5 nitrogen and oxygen atoms in total. The summed E-state index contributed by atoms with van der Waals surface area (Å²) in [6, 6.07) is 93.3. The fourth-order valence-electron chi connectivity index (χ4n) is 9.39. The van der Waals surface area contributed by atoms with Crippen molar-refractivity contribution in [2.45, 2.75) is 29.5 Å². The van der Waals surface area contributed by atoms with Gasteiger partial charge in [-0.2, -0.15) is 0 Å². The number of aliphatic hydroxyl groups is 2.